The predicted molar refractivity (Wildman–Crippen MR) is 74.8 cm³/mol. The smallest absolute Gasteiger partial charge is 0.352 e. The van der Waals surface area contributed by atoms with E-state index in [2.05, 4.69) is 15.1 Å². The highest BCUT2D eigenvalue weighted by Gasteiger charge is 2.54. The van der Waals surface area contributed by atoms with Crippen molar-refractivity contribution in [1.29, 1.82) is 0 Å². The van der Waals surface area contributed by atoms with Gasteiger partial charge in [0.25, 0.3) is 0 Å². The maximum atomic E-state index is 12.7. The summed E-state index contributed by atoms with van der Waals surface area (Å²) < 4.78 is 38.1. The average molecular weight is 310 g/mol. The molecule has 3 N–H and O–H groups in total. The number of nitrogens with one attached hydrogen (secondary N) is 1. The fourth-order valence-electron chi connectivity index (χ4n) is 2.13. The van der Waals surface area contributed by atoms with Crippen LogP contribution < -0.4 is 11.1 Å². The fraction of sp³-hybridized carbons (Fsp3) is 0.923. The number of hydrogen-bond donors (Lipinski definition) is 2. The topological polar surface area (TPSA) is 61.6 Å². The van der Waals surface area contributed by atoms with Crippen molar-refractivity contribution in [2.24, 2.45) is 5.73 Å². The Morgan fingerprint density at radius 2 is 1.62 bits per heavy atom. The molecule has 0 radical (unpaired) electrons. The minimum Gasteiger partial charge on any atom is -0.352 e. The van der Waals surface area contributed by atoms with Gasteiger partial charge in [0, 0.05) is 38.3 Å². The van der Waals surface area contributed by atoms with Gasteiger partial charge in [0.2, 0.25) is 5.91 Å². The van der Waals surface area contributed by atoms with Gasteiger partial charge in [-0.2, -0.15) is 13.2 Å². The Labute approximate surface area is 123 Å². The molecule has 1 aliphatic rings. The van der Waals surface area contributed by atoms with Crippen molar-refractivity contribution in [3.05, 3.63) is 0 Å². The van der Waals surface area contributed by atoms with Crippen LogP contribution >= 0.6 is 0 Å². The maximum absolute atomic E-state index is 12.7. The Balaban J connectivity index is 2.59. The van der Waals surface area contributed by atoms with Gasteiger partial charge in [0.05, 0.1) is 0 Å². The lowest BCUT2D eigenvalue weighted by molar-refractivity contribution is -0.187. The lowest BCUT2D eigenvalue weighted by atomic mass is 9.98. The van der Waals surface area contributed by atoms with Gasteiger partial charge in [-0.25, -0.2) is 0 Å². The van der Waals surface area contributed by atoms with E-state index >= 15 is 0 Å². The number of alkyl halides is 3. The third-order valence-corrected chi connectivity index (χ3v) is 4.10. The molecule has 1 unspecified atom stereocenters. The van der Waals surface area contributed by atoms with Crippen molar-refractivity contribution >= 4 is 5.91 Å². The van der Waals surface area contributed by atoms with Crippen LogP contribution in [0.2, 0.25) is 0 Å². The van der Waals surface area contributed by atoms with Crippen molar-refractivity contribution in [1.82, 2.24) is 15.1 Å². The molecule has 0 bridgehead atoms. The summed E-state index contributed by atoms with van der Waals surface area (Å²) in [6, 6.07) is 0. The highest BCUT2D eigenvalue weighted by atomic mass is 19.4. The first-order valence-corrected chi connectivity index (χ1v) is 6.95. The second-order valence-electron chi connectivity index (χ2n) is 6.49. The Kier molecular flexibility index (Phi) is 5.28. The van der Waals surface area contributed by atoms with E-state index in [1.54, 1.807) is 0 Å². The van der Waals surface area contributed by atoms with E-state index in [0.29, 0.717) is 6.92 Å². The van der Waals surface area contributed by atoms with Gasteiger partial charge in [-0.1, -0.05) is 0 Å². The summed E-state index contributed by atoms with van der Waals surface area (Å²) in [5.74, 6) is -1.20. The maximum Gasteiger partial charge on any atom is 0.415 e. The second kappa shape index (κ2) is 6.10. The standard InChI is InChI=1S/C13H25F3N4O/c1-11(2,20-7-5-19(4)6-8-20)9-18-10(21)12(3,17)13(14,15)16/h5-9,17H2,1-4H3,(H,18,21). The number of carbonyl (C=O) groups is 1. The van der Waals surface area contributed by atoms with Crippen LogP contribution in [0, 0.1) is 0 Å². The molecule has 0 aliphatic carbocycles. The molecule has 0 spiro atoms. The van der Waals surface area contributed by atoms with Crippen LogP contribution in [-0.4, -0.2) is 72.7 Å². The van der Waals surface area contributed by atoms with Gasteiger partial charge in [-0.05, 0) is 27.8 Å². The highest BCUT2D eigenvalue weighted by molar-refractivity contribution is 5.86. The summed E-state index contributed by atoms with van der Waals surface area (Å²) in [4.78, 5) is 16.1. The molecule has 124 valence electrons. The molecule has 21 heavy (non-hydrogen) atoms. The lowest BCUT2D eigenvalue weighted by Gasteiger charge is -2.43. The van der Waals surface area contributed by atoms with Gasteiger partial charge in [-0.3, -0.25) is 9.69 Å². The molecule has 0 aromatic heterocycles. The number of amides is 1. The van der Waals surface area contributed by atoms with Gasteiger partial charge in [0.1, 0.15) is 0 Å². The number of nitrogens with two attached hydrogens (primary N) is 1. The Hall–Kier alpha value is -0.860. The van der Waals surface area contributed by atoms with Crippen LogP contribution in [0.3, 0.4) is 0 Å². The molecular weight excluding hydrogens is 285 g/mol. The number of nitrogens with zero attached hydrogens (tertiary/aromatic N) is 2. The van der Waals surface area contributed by atoms with Gasteiger partial charge in [-0.15, -0.1) is 0 Å². The molecule has 1 fully saturated rings. The monoisotopic (exact) mass is 310 g/mol. The Morgan fingerprint density at radius 1 is 1.14 bits per heavy atom. The van der Waals surface area contributed by atoms with Crippen LogP contribution in [0.15, 0.2) is 0 Å². The molecule has 1 saturated heterocycles. The summed E-state index contributed by atoms with van der Waals surface area (Å²) in [6.07, 6.45) is -4.77. The van der Waals surface area contributed by atoms with Crippen LogP contribution in [0.4, 0.5) is 13.2 Å². The second-order valence-corrected chi connectivity index (χ2v) is 6.49. The summed E-state index contributed by atoms with van der Waals surface area (Å²) in [6.45, 7) is 8.05. The molecule has 0 aromatic carbocycles. The molecule has 0 saturated carbocycles. The highest BCUT2D eigenvalue weighted by Crippen LogP contribution is 2.28. The van der Waals surface area contributed by atoms with Crippen molar-refractivity contribution in [2.75, 3.05) is 39.8 Å². The molecule has 1 aliphatic heterocycles. The van der Waals surface area contributed by atoms with Gasteiger partial charge < -0.3 is 16.0 Å². The fourth-order valence-corrected chi connectivity index (χ4v) is 2.13. The van der Waals surface area contributed by atoms with Crippen molar-refractivity contribution in [3.63, 3.8) is 0 Å². The molecule has 0 aromatic rings. The number of carbonyl (C=O) groups excluding carboxylic acids is 1. The first kappa shape index (κ1) is 18.2. The van der Waals surface area contributed by atoms with Crippen LogP contribution in [0.1, 0.15) is 20.8 Å². The van der Waals surface area contributed by atoms with Crippen LogP contribution in [0.25, 0.3) is 0 Å². The number of rotatable bonds is 4. The summed E-state index contributed by atoms with van der Waals surface area (Å²) in [5.41, 5.74) is 1.82. The van der Waals surface area contributed by atoms with Crippen molar-refractivity contribution in [3.8, 4) is 0 Å². The number of likely N-dealkylation sites (N-methyl/N-ethyl adjacent to an activating group) is 1. The van der Waals surface area contributed by atoms with E-state index in [1.165, 1.54) is 0 Å². The zero-order valence-electron chi connectivity index (χ0n) is 13.0. The SMILES string of the molecule is CN1CCN(C(C)(C)CNC(=O)C(C)(N)C(F)(F)F)CC1. The van der Waals surface area contributed by atoms with E-state index < -0.39 is 23.2 Å². The van der Waals surface area contributed by atoms with Gasteiger partial charge >= 0.3 is 6.18 Å². The van der Waals surface area contributed by atoms with Crippen LogP contribution in [-0.2, 0) is 4.79 Å². The zero-order valence-corrected chi connectivity index (χ0v) is 13.0. The van der Waals surface area contributed by atoms with E-state index in [-0.39, 0.29) is 6.54 Å². The average Bonchev–Trinajstić information content (AvgIpc) is 2.35. The first-order valence-electron chi connectivity index (χ1n) is 6.95. The minimum absolute atomic E-state index is 0.123. The zero-order chi connectivity index (χ0) is 16.5. The van der Waals surface area contributed by atoms with E-state index in [1.807, 2.05) is 20.9 Å². The predicted octanol–water partition coefficient (Wildman–Crippen LogP) is 0.408. The quantitative estimate of drug-likeness (QED) is 0.789. The molecular formula is C13H25F3N4O. The van der Waals surface area contributed by atoms with E-state index in [4.69, 9.17) is 5.73 Å². The van der Waals surface area contributed by atoms with E-state index in [9.17, 15) is 18.0 Å². The summed E-state index contributed by atoms with van der Waals surface area (Å²) in [7, 11) is 2.02. The normalized spacial score (nSPS) is 21.9. The molecule has 1 heterocycles. The molecule has 5 nitrogen and oxygen atoms in total. The first-order chi connectivity index (χ1) is 9.38. The number of piperazine rings is 1. The third kappa shape index (κ3) is 4.31. The third-order valence-electron chi connectivity index (χ3n) is 4.10. The molecule has 8 heteroatoms. The van der Waals surface area contributed by atoms with Crippen LogP contribution in [0.5, 0.6) is 0 Å². The lowest BCUT2D eigenvalue weighted by Crippen LogP contribution is -2.64. The number of hydrogen-bond acceptors (Lipinski definition) is 4. The van der Waals surface area contributed by atoms with E-state index in [0.717, 1.165) is 26.2 Å². The molecule has 1 amide bonds. The van der Waals surface area contributed by atoms with Crippen molar-refractivity contribution < 1.29 is 18.0 Å². The summed E-state index contributed by atoms with van der Waals surface area (Å²) >= 11 is 0. The van der Waals surface area contributed by atoms with Crippen molar-refractivity contribution in [2.45, 2.75) is 38.0 Å². The molecule has 1 rings (SSSR count). The molecule has 1 atom stereocenters. The Morgan fingerprint density at radius 3 is 2.05 bits per heavy atom. The number of halogens is 3. The van der Waals surface area contributed by atoms with Gasteiger partial charge in [0.15, 0.2) is 5.54 Å². The summed E-state index contributed by atoms with van der Waals surface area (Å²) in [5, 5.41) is 2.34. The largest absolute Gasteiger partial charge is 0.415 e. The minimum atomic E-state index is -4.77. The Bertz CT molecular complexity index is 374.